The van der Waals surface area contributed by atoms with Gasteiger partial charge < -0.3 is 9.64 Å². The van der Waals surface area contributed by atoms with E-state index in [0.717, 1.165) is 0 Å². The van der Waals surface area contributed by atoms with Crippen molar-refractivity contribution in [3.8, 4) is 0 Å². The number of ketones is 1. The Kier molecular flexibility index (Phi) is 3.92. The van der Waals surface area contributed by atoms with Gasteiger partial charge in [0.1, 0.15) is 12.4 Å². The second-order valence-corrected chi connectivity index (χ2v) is 4.21. The molecular weight excluding hydrogens is 237 g/mol. The van der Waals surface area contributed by atoms with Gasteiger partial charge >= 0.3 is 6.09 Å². The molecule has 2 rings (SSSR count). The quantitative estimate of drug-likeness (QED) is 0.809. The first-order valence-electron chi connectivity index (χ1n) is 5.83. The number of ether oxygens (including phenoxy) is 1. The highest BCUT2D eigenvalue weighted by Crippen LogP contribution is 2.11. The standard InChI is InChI=1S/C13H14FNO3/c14-12-6-2-1-4-10(12)9-18-13(17)15-7-3-5-11(16)8-15/h1-2,4,6H,3,5,7-9H2. The Bertz CT molecular complexity index is 461. The zero-order valence-electron chi connectivity index (χ0n) is 9.89. The molecule has 1 aromatic rings. The highest BCUT2D eigenvalue weighted by Gasteiger charge is 2.22. The predicted octanol–water partition coefficient (Wildman–Crippen LogP) is 2.13. The van der Waals surface area contributed by atoms with Gasteiger partial charge in [-0.1, -0.05) is 18.2 Å². The van der Waals surface area contributed by atoms with E-state index < -0.39 is 11.9 Å². The minimum atomic E-state index is -0.564. The van der Waals surface area contributed by atoms with E-state index in [1.54, 1.807) is 18.2 Å². The van der Waals surface area contributed by atoms with Gasteiger partial charge in [0, 0.05) is 18.5 Å². The highest BCUT2D eigenvalue weighted by molar-refractivity contribution is 5.85. The highest BCUT2D eigenvalue weighted by atomic mass is 19.1. The third kappa shape index (κ3) is 3.06. The van der Waals surface area contributed by atoms with Crippen LogP contribution >= 0.6 is 0 Å². The summed E-state index contributed by atoms with van der Waals surface area (Å²) in [7, 11) is 0. The van der Waals surface area contributed by atoms with E-state index in [2.05, 4.69) is 0 Å². The molecule has 0 aliphatic carbocycles. The van der Waals surface area contributed by atoms with Crippen molar-refractivity contribution in [3.63, 3.8) is 0 Å². The predicted molar refractivity (Wildman–Crippen MR) is 62.4 cm³/mol. The Hall–Kier alpha value is -1.91. The monoisotopic (exact) mass is 251 g/mol. The van der Waals surface area contributed by atoms with Crippen LogP contribution in [0.15, 0.2) is 24.3 Å². The maximum Gasteiger partial charge on any atom is 0.410 e. The Morgan fingerprint density at radius 3 is 2.89 bits per heavy atom. The third-order valence-electron chi connectivity index (χ3n) is 2.82. The molecule has 1 amide bonds. The molecule has 0 saturated carbocycles. The fourth-order valence-corrected chi connectivity index (χ4v) is 1.84. The van der Waals surface area contributed by atoms with Gasteiger partial charge in [-0.2, -0.15) is 0 Å². The SMILES string of the molecule is O=C1CCCN(C(=O)OCc2ccccc2F)C1. The van der Waals surface area contributed by atoms with E-state index >= 15 is 0 Å². The second-order valence-electron chi connectivity index (χ2n) is 4.21. The van der Waals surface area contributed by atoms with E-state index in [1.807, 2.05) is 0 Å². The van der Waals surface area contributed by atoms with Crippen LogP contribution in [0.4, 0.5) is 9.18 Å². The molecule has 96 valence electrons. The van der Waals surface area contributed by atoms with Crippen molar-refractivity contribution in [2.24, 2.45) is 0 Å². The molecule has 0 bridgehead atoms. The Morgan fingerprint density at radius 2 is 2.17 bits per heavy atom. The number of hydrogen-bond donors (Lipinski definition) is 0. The second kappa shape index (κ2) is 5.62. The molecule has 0 unspecified atom stereocenters. The molecule has 0 radical (unpaired) electrons. The van der Waals surface area contributed by atoms with Crippen molar-refractivity contribution >= 4 is 11.9 Å². The summed E-state index contributed by atoms with van der Waals surface area (Å²) in [5, 5.41) is 0. The van der Waals surface area contributed by atoms with E-state index in [4.69, 9.17) is 4.74 Å². The topological polar surface area (TPSA) is 46.6 Å². The molecule has 0 N–H and O–H groups in total. The van der Waals surface area contributed by atoms with Crippen LogP contribution in [-0.4, -0.2) is 29.9 Å². The molecular formula is C13H14FNO3. The minimum Gasteiger partial charge on any atom is -0.444 e. The summed E-state index contributed by atoms with van der Waals surface area (Å²) in [6, 6.07) is 6.12. The number of Topliss-reactive ketones (excluding diaryl/α,β-unsaturated/α-hetero) is 1. The summed E-state index contributed by atoms with van der Waals surface area (Å²) in [5.41, 5.74) is 0.328. The molecule has 1 aliphatic heterocycles. The molecule has 0 atom stereocenters. The average molecular weight is 251 g/mol. The summed E-state index contributed by atoms with van der Waals surface area (Å²) < 4.78 is 18.3. The molecule has 1 aliphatic rings. The van der Waals surface area contributed by atoms with Crippen molar-refractivity contribution in [2.75, 3.05) is 13.1 Å². The minimum absolute atomic E-state index is 0.0316. The largest absolute Gasteiger partial charge is 0.444 e. The average Bonchev–Trinajstić information content (AvgIpc) is 2.37. The first kappa shape index (κ1) is 12.5. The van der Waals surface area contributed by atoms with E-state index in [-0.39, 0.29) is 18.9 Å². The number of nitrogens with zero attached hydrogens (tertiary/aromatic N) is 1. The van der Waals surface area contributed by atoms with Gasteiger partial charge in [0.15, 0.2) is 5.78 Å². The van der Waals surface area contributed by atoms with Gasteiger partial charge in [-0.15, -0.1) is 0 Å². The molecule has 5 heteroatoms. The number of hydrogen-bond acceptors (Lipinski definition) is 3. The van der Waals surface area contributed by atoms with E-state index in [9.17, 15) is 14.0 Å². The van der Waals surface area contributed by atoms with Crippen molar-refractivity contribution in [1.82, 2.24) is 4.90 Å². The van der Waals surface area contributed by atoms with Crippen molar-refractivity contribution in [1.29, 1.82) is 0 Å². The number of carbonyl (C=O) groups is 2. The van der Waals surface area contributed by atoms with E-state index in [0.29, 0.717) is 24.9 Å². The molecule has 0 spiro atoms. The Morgan fingerprint density at radius 1 is 1.39 bits per heavy atom. The summed E-state index contributed by atoms with van der Waals surface area (Å²) in [6.45, 7) is 0.494. The first-order valence-corrected chi connectivity index (χ1v) is 5.83. The maximum absolute atomic E-state index is 13.3. The Balaban J connectivity index is 1.88. The molecule has 1 fully saturated rings. The lowest BCUT2D eigenvalue weighted by molar-refractivity contribution is -0.121. The first-order chi connectivity index (χ1) is 8.66. The van der Waals surface area contributed by atoms with Gasteiger partial charge in [-0.25, -0.2) is 9.18 Å². The normalized spacial score (nSPS) is 15.6. The number of halogens is 1. The lowest BCUT2D eigenvalue weighted by atomic mass is 10.1. The van der Waals surface area contributed by atoms with Crippen molar-refractivity contribution < 1.29 is 18.7 Å². The van der Waals surface area contributed by atoms with Crippen LogP contribution in [0, 0.1) is 5.82 Å². The molecule has 4 nitrogen and oxygen atoms in total. The van der Waals surface area contributed by atoms with Gasteiger partial charge in [0.2, 0.25) is 0 Å². The molecule has 0 aromatic heterocycles. The van der Waals surface area contributed by atoms with Crippen molar-refractivity contribution in [3.05, 3.63) is 35.6 Å². The van der Waals surface area contributed by atoms with Crippen LogP contribution in [0.1, 0.15) is 18.4 Å². The number of rotatable bonds is 2. The van der Waals surface area contributed by atoms with E-state index in [1.165, 1.54) is 11.0 Å². The Labute approximate surface area is 104 Å². The van der Waals surface area contributed by atoms with Crippen LogP contribution in [-0.2, 0) is 16.1 Å². The van der Waals surface area contributed by atoms with Crippen molar-refractivity contribution in [2.45, 2.75) is 19.4 Å². The number of amides is 1. The summed E-state index contributed by atoms with van der Waals surface area (Å²) in [6.07, 6.45) is 0.608. The van der Waals surface area contributed by atoms with Crippen LogP contribution in [0.3, 0.4) is 0 Å². The van der Waals surface area contributed by atoms with Gasteiger partial charge in [0.05, 0.1) is 6.54 Å². The molecule has 1 saturated heterocycles. The fourth-order valence-electron chi connectivity index (χ4n) is 1.84. The third-order valence-corrected chi connectivity index (χ3v) is 2.82. The van der Waals surface area contributed by atoms with Crippen LogP contribution in [0.25, 0.3) is 0 Å². The van der Waals surface area contributed by atoms with Gasteiger partial charge in [-0.05, 0) is 12.5 Å². The smallest absolute Gasteiger partial charge is 0.410 e. The number of carbonyl (C=O) groups excluding carboxylic acids is 2. The lowest BCUT2D eigenvalue weighted by Crippen LogP contribution is -2.40. The van der Waals surface area contributed by atoms with Crippen LogP contribution < -0.4 is 0 Å². The zero-order chi connectivity index (χ0) is 13.0. The summed E-state index contributed by atoms with van der Waals surface area (Å²) >= 11 is 0. The van der Waals surface area contributed by atoms with Crippen LogP contribution in [0.2, 0.25) is 0 Å². The molecule has 18 heavy (non-hydrogen) atoms. The summed E-state index contributed by atoms with van der Waals surface area (Å²) in [5.74, 6) is -0.371. The maximum atomic E-state index is 13.3. The molecule has 1 aromatic carbocycles. The summed E-state index contributed by atoms with van der Waals surface area (Å²) in [4.78, 5) is 24.2. The van der Waals surface area contributed by atoms with Gasteiger partial charge in [0.25, 0.3) is 0 Å². The van der Waals surface area contributed by atoms with Gasteiger partial charge in [-0.3, -0.25) is 4.79 Å². The molecule has 1 heterocycles. The van der Waals surface area contributed by atoms with Crippen LogP contribution in [0.5, 0.6) is 0 Å². The lowest BCUT2D eigenvalue weighted by Gasteiger charge is -2.24. The number of likely N-dealkylation sites (tertiary alicyclic amines) is 1. The zero-order valence-corrected chi connectivity index (χ0v) is 9.89. The number of piperidine rings is 1. The fraction of sp³-hybridized carbons (Fsp3) is 0.385. The number of benzene rings is 1.